The van der Waals surface area contributed by atoms with Crippen LogP contribution in [0.4, 0.5) is 13.2 Å². The normalized spacial score (nSPS) is 28.5. The number of hydrogen-bond donors (Lipinski definition) is 1. The summed E-state index contributed by atoms with van der Waals surface area (Å²) in [4.78, 5) is 14.2. The first kappa shape index (κ1) is 17.5. The third-order valence-electron chi connectivity index (χ3n) is 4.60. The largest absolute Gasteiger partial charge is 0.391 e. The quantitative estimate of drug-likeness (QED) is 0.864. The summed E-state index contributed by atoms with van der Waals surface area (Å²) < 4.78 is 43.8. The zero-order chi connectivity index (χ0) is 16.2. The van der Waals surface area contributed by atoms with Gasteiger partial charge in [-0.1, -0.05) is 13.3 Å². The number of ether oxygens (including phenoxy) is 1. The Hall–Kier alpha value is -0.820. The number of carbonyl (C=O) groups excluding carboxylic acids is 1. The summed E-state index contributed by atoms with van der Waals surface area (Å²) >= 11 is 0. The zero-order valence-electron chi connectivity index (χ0n) is 13.0. The first-order chi connectivity index (χ1) is 10.4. The van der Waals surface area contributed by atoms with Gasteiger partial charge in [0.15, 0.2) is 0 Å². The Bertz CT molecular complexity index is 370. The number of alkyl halides is 3. The van der Waals surface area contributed by atoms with Crippen LogP contribution in [0, 0.1) is 5.92 Å². The average molecular weight is 322 g/mol. The summed E-state index contributed by atoms with van der Waals surface area (Å²) in [7, 11) is 0. The summed E-state index contributed by atoms with van der Waals surface area (Å²) in [5.74, 6) is -1.25. The molecule has 0 unspecified atom stereocenters. The van der Waals surface area contributed by atoms with Gasteiger partial charge in [0, 0.05) is 19.1 Å². The molecule has 2 rings (SSSR count). The van der Waals surface area contributed by atoms with E-state index in [1.54, 1.807) is 4.90 Å². The van der Waals surface area contributed by atoms with E-state index >= 15 is 0 Å². The van der Waals surface area contributed by atoms with E-state index in [0.29, 0.717) is 45.6 Å². The van der Waals surface area contributed by atoms with Gasteiger partial charge in [-0.15, -0.1) is 0 Å². The number of morpholine rings is 1. The van der Waals surface area contributed by atoms with E-state index in [0.717, 1.165) is 0 Å². The Morgan fingerprint density at radius 3 is 2.59 bits per heavy atom. The fourth-order valence-corrected chi connectivity index (χ4v) is 3.29. The molecule has 0 spiro atoms. The lowest BCUT2D eigenvalue weighted by Crippen LogP contribution is -2.53. The van der Waals surface area contributed by atoms with Gasteiger partial charge in [-0.3, -0.25) is 4.79 Å². The smallest absolute Gasteiger partial charge is 0.378 e. The fraction of sp³-hybridized carbons (Fsp3) is 0.933. The zero-order valence-corrected chi connectivity index (χ0v) is 13.0. The van der Waals surface area contributed by atoms with Gasteiger partial charge < -0.3 is 15.0 Å². The van der Waals surface area contributed by atoms with E-state index in [2.05, 4.69) is 5.32 Å². The molecule has 3 atom stereocenters. The number of nitrogens with zero attached hydrogens (tertiary/aromatic N) is 1. The van der Waals surface area contributed by atoms with Gasteiger partial charge >= 0.3 is 6.18 Å². The van der Waals surface area contributed by atoms with Gasteiger partial charge in [0.2, 0.25) is 5.91 Å². The van der Waals surface area contributed by atoms with E-state index in [1.807, 2.05) is 6.92 Å². The second-order valence-corrected chi connectivity index (χ2v) is 6.17. The van der Waals surface area contributed by atoms with E-state index in [1.165, 1.54) is 0 Å². The molecule has 1 saturated heterocycles. The van der Waals surface area contributed by atoms with E-state index in [-0.39, 0.29) is 24.8 Å². The van der Waals surface area contributed by atoms with Crippen molar-refractivity contribution in [3.8, 4) is 0 Å². The van der Waals surface area contributed by atoms with Crippen LogP contribution in [0.25, 0.3) is 0 Å². The van der Waals surface area contributed by atoms with Gasteiger partial charge in [0.25, 0.3) is 0 Å². The summed E-state index contributed by atoms with van der Waals surface area (Å²) in [5, 5.41) is 3.17. The van der Waals surface area contributed by atoms with E-state index < -0.39 is 18.1 Å². The van der Waals surface area contributed by atoms with E-state index in [9.17, 15) is 18.0 Å². The molecule has 1 saturated carbocycles. The predicted molar refractivity (Wildman–Crippen MR) is 76.4 cm³/mol. The molecule has 0 aromatic rings. The maximum atomic E-state index is 12.9. The SMILES string of the molecule is CC[C@H](N[C@H]1CCC[C@H](C(F)(F)F)C1)C(=O)N1CCOCC1. The van der Waals surface area contributed by atoms with Crippen molar-refractivity contribution in [2.24, 2.45) is 5.92 Å². The molecule has 1 heterocycles. The van der Waals surface area contributed by atoms with Crippen molar-refractivity contribution in [3.63, 3.8) is 0 Å². The average Bonchev–Trinajstić information content (AvgIpc) is 2.52. The molecule has 0 bridgehead atoms. The Labute approximate surface area is 129 Å². The van der Waals surface area contributed by atoms with Gasteiger partial charge in [0.1, 0.15) is 0 Å². The molecule has 22 heavy (non-hydrogen) atoms. The van der Waals surface area contributed by atoms with Crippen molar-refractivity contribution >= 4 is 5.91 Å². The Balaban J connectivity index is 1.90. The number of amides is 1. The molecule has 4 nitrogen and oxygen atoms in total. The second kappa shape index (κ2) is 7.64. The Morgan fingerprint density at radius 1 is 1.32 bits per heavy atom. The topological polar surface area (TPSA) is 41.6 Å². The number of halogens is 3. The molecule has 1 aliphatic carbocycles. The Morgan fingerprint density at radius 2 is 2.00 bits per heavy atom. The molecular weight excluding hydrogens is 297 g/mol. The van der Waals surface area contributed by atoms with Crippen LogP contribution in [0.3, 0.4) is 0 Å². The second-order valence-electron chi connectivity index (χ2n) is 6.17. The van der Waals surface area contributed by atoms with Crippen molar-refractivity contribution in [1.29, 1.82) is 0 Å². The first-order valence-electron chi connectivity index (χ1n) is 8.11. The number of nitrogens with one attached hydrogen (secondary N) is 1. The third-order valence-corrected chi connectivity index (χ3v) is 4.60. The lowest BCUT2D eigenvalue weighted by atomic mass is 9.85. The molecule has 1 amide bonds. The minimum absolute atomic E-state index is 0.0140. The number of rotatable bonds is 4. The van der Waals surface area contributed by atoms with Crippen LogP contribution in [0.15, 0.2) is 0 Å². The van der Waals surface area contributed by atoms with Gasteiger partial charge in [-0.05, 0) is 25.7 Å². The fourth-order valence-electron chi connectivity index (χ4n) is 3.29. The predicted octanol–water partition coefficient (Wildman–Crippen LogP) is 2.33. The molecule has 128 valence electrons. The minimum Gasteiger partial charge on any atom is -0.378 e. The Kier molecular flexibility index (Phi) is 6.09. The van der Waals surface area contributed by atoms with Crippen LogP contribution in [0.2, 0.25) is 0 Å². The molecule has 0 aromatic carbocycles. The minimum atomic E-state index is -4.13. The van der Waals surface area contributed by atoms with Crippen molar-refractivity contribution in [2.45, 2.75) is 57.3 Å². The molecular formula is C15H25F3N2O2. The highest BCUT2D eigenvalue weighted by atomic mass is 19.4. The summed E-state index contributed by atoms with van der Waals surface area (Å²) in [6.07, 6.45) is -1.99. The van der Waals surface area contributed by atoms with Crippen LogP contribution >= 0.6 is 0 Å². The third kappa shape index (κ3) is 4.59. The highest BCUT2D eigenvalue weighted by molar-refractivity contribution is 5.82. The van der Waals surface area contributed by atoms with Crippen LogP contribution in [0.5, 0.6) is 0 Å². The van der Waals surface area contributed by atoms with Gasteiger partial charge in [0.05, 0.1) is 25.2 Å². The lowest BCUT2D eigenvalue weighted by Gasteiger charge is -2.35. The molecule has 2 aliphatic rings. The molecule has 1 N–H and O–H groups in total. The number of carbonyl (C=O) groups is 1. The maximum Gasteiger partial charge on any atom is 0.391 e. The van der Waals surface area contributed by atoms with Crippen molar-refractivity contribution in [3.05, 3.63) is 0 Å². The van der Waals surface area contributed by atoms with Crippen molar-refractivity contribution in [2.75, 3.05) is 26.3 Å². The monoisotopic (exact) mass is 322 g/mol. The molecule has 7 heteroatoms. The van der Waals surface area contributed by atoms with Crippen LogP contribution in [-0.4, -0.2) is 55.4 Å². The lowest BCUT2D eigenvalue weighted by molar-refractivity contribution is -0.183. The summed E-state index contributed by atoms with van der Waals surface area (Å²) in [5.41, 5.74) is 0. The maximum absolute atomic E-state index is 12.9. The molecule has 0 radical (unpaired) electrons. The standard InChI is InChI=1S/C15H25F3N2O2/c1-2-13(14(21)20-6-8-22-9-7-20)19-12-5-3-4-11(10-12)15(16,17)18/h11-13,19H,2-10H2,1H3/t11-,12-,13-/m0/s1. The van der Waals surface area contributed by atoms with Gasteiger partial charge in [-0.2, -0.15) is 13.2 Å². The molecule has 0 aromatic heterocycles. The molecule has 2 fully saturated rings. The summed E-state index contributed by atoms with van der Waals surface area (Å²) in [6.45, 7) is 4.07. The van der Waals surface area contributed by atoms with Crippen LogP contribution < -0.4 is 5.32 Å². The van der Waals surface area contributed by atoms with Crippen LogP contribution in [0.1, 0.15) is 39.0 Å². The van der Waals surface area contributed by atoms with E-state index in [4.69, 9.17) is 4.74 Å². The summed E-state index contributed by atoms with van der Waals surface area (Å²) in [6, 6.07) is -0.620. The highest BCUT2D eigenvalue weighted by Crippen LogP contribution is 2.37. The van der Waals surface area contributed by atoms with Crippen molar-refractivity contribution in [1.82, 2.24) is 10.2 Å². The van der Waals surface area contributed by atoms with Crippen molar-refractivity contribution < 1.29 is 22.7 Å². The number of hydrogen-bond acceptors (Lipinski definition) is 3. The highest BCUT2D eigenvalue weighted by Gasteiger charge is 2.42. The molecule has 1 aliphatic heterocycles. The van der Waals surface area contributed by atoms with Gasteiger partial charge in [-0.25, -0.2) is 0 Å². The van der Waals surface area contributed by atoms with Crippen LogP contribution in [-0.2, 0) is 9.53 Å². The first-order valence-corrected chi connectivity index (χ1v) is 8.11.